The van der Waals surface area contributed by atoms with Crippen LogP contribution in [0.15, 0.2) is 0 Å². The number of aliphatic carboxylic acids is 1. The van der Waals surface area contributed by atoms with Gasteiger partial charge in [0.2, 0.25) is 5.91 Å². The Labute approximate surface area is 175 Å². The Hall–Kier alpha value is -0.140. The van der Waals surface area contributed by atoms with Gasteiger partial charge in [0.05, 0.1) is 13.1 Å². The molecule has 0 heterocycles. The number of carbonyl (C=O) groups excluding carboxylic acids is 1. The molecule has 0 aliphatic carbocycles. The Morgan fingerprint density at radius 1 is 0.840 bits per heavy atom. The van der Waals surface area contributed by atoms with Crippen LogP contribution in [0.25, 0.3) is 0 Å². The maximum Gasteiger partial charge on any atom is 0.317 e. The molecule has 0 aliphatic heterocycles. The van der Waals surface area contributed by atoms with Crippen LogP contribution in [0.5, 0.6) is 0 Å². The van der Waals surface area contributed by atoms with Crippen LogP contribution in [0, 0.1) is 0 Å². The molecule has 0 saturated carbocycles. The second kappa shape index (κ2) is 18.6. The average Bonchev–Trinajstić information content (AvgIpc) is 2.56. The summed E-state index contributed by atoms with van der Waals surface area (Å²) in [6, 6.07) is 0. The summed E-state index contributed by atoms with van der Waals surface area (Å²) in [5.74, 6) is -1.17. The number of carboxylic acid groups (broad SMARTS) is 1. The van der Waals surface area contributed by atoms with Crippen LogP contribution >= 0.6 is 0 Å². The number of carbonyl (C=O) groups is 2. The number of hydroxylamine groups is 2. The van der Waals surface area contributed by atoms with Crippen molar-refractivity contribution in [1.82, 2.24) is 9.96 Å². The summed E-state index contributed by atoms with van der Waals surface area (Å²) in [6.45, 7) is 5.09. The second-order valence-electron chi connectivity index (χ2n) is 6.36. The van der Waals surface area contributed by atoms with Crippen LogP contribution in [0.3, 0.4) is 0 Å². The van der Waals surface area contributed by atoms with Crippen LogP contribution in [0.4, 0.5) is 0 Å². The standard InChI is InChI=1S/C18H36N2O4.Na/c1-3-5-6-7-8-9-10-11-12-13-17(21)20(24)15-14-19(4-2)16-18(22)23;/h24H,3-16H2,1-2H3,(H,22,23);. The van der Waals surface area contributed by atoms with Crippen LogP contribution in [0.2, 0.25) is 0 Å². The monoisotopic (exact) mass is 367 g/mol. The van der Waals surface area contributed by atoms with E-state index in [-0.39, 0.29) is 48.6 Å². The van der Waals surface area contributed by atoms with Gasteiger partial charge in [-0.3, -0.25) is 19.7 Å². The quantitative estimate of drug-likeness (QED) is 0.190. The number of amides is 1. The second-order valence-corrected chi connectivity index (χ2v) is 6.36. The number of rotatable bonds is 16. The predicted octanol–water partition coefficient (Wildman–Crippen LogP) is 3.15. The van der Waals surface area contributed by atoms with E-state index in [9.17, 15) is 14.8 Å². The molecular weight excluding hydrogens is 331 g/mol. The molecule has 1 amide bonds. The van der Waals surface area contributed by atoms with Gasteiger partial charge in [0.25, 0.3) is 0 Å². The van der Waals surface area contributed by atoms with Gasteiger partial charge in [0, 0.05) is 42.5 Å². The van der Waals surface area contributed by atoms with Gasteiger partial charge in [0.15, 0.2) is 0 Å². The van der Waals surface area contributed by atoms with E-state index in [1.165, 1.54) is 38.5 Å². The molecule has 25 heavy (non-hydrogen) atoms. The fourth-order valence-corrected chi connectivity index (χ4v) is 2.62. The molecule has 0 saturated heterocycles. The third kappa shape index (κ3) is 17.0. The van der Waals surface area contributed by atoms with Crippen LogP contribution < -0.4 is 0 Å². The molecule has 0 aromatic heterocycles. The van der Waals surface area contributed by atoms with Gasteiger partial charge >= 0.3 is 5.97 Å². The van der Waals surface area contributed by atoms with Gasteiger partial charge in [0.1, 0.15) is 0 Å². The first kappa shape index (κ1) is 27.1. The predicted molar refractivity (Wildman–Crippen MR) is 101 cm³/mol. The van der Waals surface area contributed by atoms with Crippen molar-refractivity contribution in [2.24, 2.45) is 0 Å². The smallest absolute Gasteiger partial charge is 0.317 e. The topological polar surface area (TPSA) is 81.1 Å². The van der Waals surface area contributed by atoms with Crippen molar-refractivity contribution in [1.29, 1.82) is 0 Å². The molecule has 0 bridgehead atoms. The summed E-state index contributed by atoms with van der Waals surface area (Å²) in [6.07, 6.45) is 11.1. The average molecular weight is 367 g/mol. The largest absolute Gasteiger partial charge is 0.480 e. The first-order valence-corrected chi connectivity index (χ1v) is 9.44. The number of nitrogens with zero attached hydrogens (tertiary/aromatic N) is 2. The van der Waals surface area contributed by atoms with E-state index in [1.807, 2.05) is 6.92 Å². The minimum Gasteiger partial charge on any atom is -0.480 e. The van der Waals surface area contributed by atoms with E-state index in [4.69, 9.17) is 5.11 Å². The normalized spacial score (nSPS) is 10.6. The van der Waals surface area contributed by atoms with Crippen molar-refractivity contribution in [3.8, 4) is 0 Å². The van der Waals surface area contributed by atoms with E-state index in [1.54, 1.807) is 4.90 Å². The number of likely N-dealkylation sites (N-methyl/N-ethyl adjacent to an activating group) is 1. The maximum atomic E-state index is 11.8. The molecule has 0 atom stereocenters. The number of hydrogen-bond donors (Lipinski definition) is 2. The molecule has 0 aromatic rings. The molecular formula is C18H36N2NaO4. The molecule has 0 spiro atoms. The van der Waals surface area contributed by atoms with Gasteiger partial charge in [-0.25, -0.2) is 5.06 Å². The van der Waals surface area contributed by atoms with E-state index < -0.39 is 5.97 Å². The number of unbranched alkanes of at least 4 members (excludes halogenated alkanes) is 8. The first-order valence-electron chi connectivity index (χ1n) is 9.44. The number of hydrogen-bond acceptors (Lipinski definition) is 4. The Morgan fingerprint density at radius 3 is 1.84 bits per heavy atom. The third-order valence-corrected chi connectivity index (χ3v) is 4.22. The molecule has 2 N–H and O–H groups in total. The van der Waals surface area contributed by atoms with Crippen molar-refractivity contribution in [3.05, 3.63) is 0 Å². The summed E-state index contributed by atoms with van der Waals surface area (Å²) in [4.78, 5) is 24.2. The van der Waals surface area contributed by atoms with Gasteiger partial charge in [-0.1, -0.05) is 65.2 Å². The first-order chi connectivity index (χ1) is 11.5. The van der Waals surface area contributed by atoms with Gasteiger partial charge in [-0.15, -0.1) is 0 Å². The molecule has 6 nitrogen and oxygen atoms in total. The van der Waals surface area contributed by atoms with Crippen LogP contribution in [0.1, 0.15) is 78.1 Å². The molecule has 0 fully saturated rings. The Bertz CT molecular complexity index is 343. The third-order valence-electron chi connectivity index (χ3n) is 4.22. The molecule has 0 rings (SSSR count). The Morgan fingerprint density at radius 2 is 1.36 bits per heavy atom. The van der Waals surface area contributed by atoms with Crippen molar-refractivity contribution in [2.75, 3.05) is 26.2 Å². The van der Waals surface area contributed by atoms with Gasteiger partial charge in [-0.2, -0.15) is 0 Å². The molecule has 0 unspecified atom stereocenters. The van der Waals surface area contributed by atoms with Gasteiger partial charge < -0.3 is 5.11 Å². The minimum absolute atomic E-state index is 0. The van der Waals surface area contributed by atoms with Crippen LogP contribution in [-0.2, 0) is 9.59 Å². The van der Waals surface area contributed by atoms with Crippen molar-refractivity contribution >= 4 is 41.4 Å². The fourth-order valence-electron chi connectivity index (χ4n) is 2.62. The maximum absolute atomic E-state index is 11.8. The summed E-state index contributed by atoms with van der Waals surface area (Å²) < 4.78 is 0. The van der Waals surface area contributed by atoms with Crippen molar-refractivity contribution < 1.29 is 19.9 Å². The van der Waals surface area contributed by atoms with Gasteiger partial charge in [-0.05, 0) is 13.0 Å². The Balaban J connectivity index is 0. The summed E-state index contributed by atoms with van der Waals surface area (Å²) in [5.41, 5.74) is 0. The summed E-state index contributed by atoms with van der Waals surface area (Å²) in [5, 5.41) is 19.2. The van der Waals surface area contributed by atoms with Crippen LogP contribution in [-0.4, -0.2) is 87.9 Å². The fraction of sp³-hybridized carbons (Fsp3) is 0.889. The summed E-state index contributed by atoms with van der Waals surface area (Å²) >= 11 is 0. The summed E-state index contributed by atoms with van der Waals surface area (Å²) in [7, 11) is 0. The molecule has 0 aromatic carbocycles. The molecule has 143 valence electrons. The zero-order valence-corrected chi connectivity index (χ0v) is 18.5. The zero-order chi connectivity index (χ0) is 18.2. The van der Waals surface area contributed by atoms with E-state index in [2.05, 4.69) is 6.92 Å². The zero-order valence-electron chi connectivity index (χ0n) is 16.5. The van der Waals surface area contributed by atoms with Crippen molar-refractivity contribution in [2.45, 2.75) is 78.1 Å². The Kier molecular flexibility index (Phi) is 20.2. The molecule has 1 radical (unpaired) electrons. The molecule has 0 aliphatic rings. The number of carboxylic acids is 1. The van der Waals surface area contributed by atoms with E-state index in [0.29, 0.717) is 19.5 Å². The minimum atomic E-state index is -0.901. The SMILES string of the molecule is CCCCCCCCCCCC(=O)N(O)CCN(CC)CC(=O)O.[Na]. The van der Waals surface area contributed by atoms with E-state index >= 15 is 0 Å². The van der Waals surface area contributed by atoms with Crippen molar-refractivity contribution in [3.63, 3.8) is 0 Å². The van der Waals surface area contributed by atoms with E-state index in [0.717, 1.165) is 24.3 Å². The molecule has 7 heteroatoms.